The van der Waals surface area contributed by atoms with Gasteiger partial charge < -0.3 is 61.6 Å². The number of hydrogen-bond acceptors (Lipinski definition) is 21. The molecule has 3 heterocycles. The van der Waals surface area contributed by atoms with Crippen LogP contribution in [0.15, 0.2) is 182 Å². The van der Waals surface area contributed by atoms with Crippen LogP contribution in [0, 0.1) is 5.41 Å². The van der Waals surface area contributed by atoms with Gasteiger partial charge >= 0.3 is 41.8 Å². The number of benzene rings is 6. The van der Waals surface area contributed by atoms with Crippen LogP contribution in [-0.2, 0) is 66.4 Å². The van der Waals surface area contributed by atoms with E-state index < -0.39 is 145 Å². The first-order chi connectivity index (χ1) is 41.0. The van der Waals surface area contributed by atoms with Crippen LogP contribution in [0.4, 0.5) is 0 Å². The van der Waals surface area contributed by atoms with Crippen molar-refractivity contribution >= 4 is 82.5 Å². The number of halogens is 3. The van der Waals surface area contributed by atoms with Gasteiger partial charge in [-0.05, 0) is 72.8 Å². The smallest absolute Gasteiger partial charge is 0.338 e. The van der Waals surface area contributed by atoms with Gasteiger partial charge in [0, 0.05) is 6.92 Å². The van der Waals surface area contributed by atoms with E-state index in [1.165, 1.54) is 72.8 Å². The summed E-state index contributed by atoms with van der Waals surface area (Å²) in [6, 6.07) is 46.7. The summed E-state index contributed by atoms with van der Waals surface area (Å²) in [6.07, 6.45) is -20.8. The molecular formula is C61H52Cl3NO20. The number of rotatable bonds is 21. The number of carbonyl (C=O) groups excluding carboxylic acids is 7. The highest BCUT2D eigenvalue weighted by Crippen LogP contribution is 2.40. The molecule has 6 aromatic carbocycles. The molecule has 0 radical (unpaired) electrons. The molecule has 6 aromatic rings. The molecule has 1 N–H and O–H groups in total. The molecule has 0 aromatic heterocycles. The lowest BCUT2D eigenvalue weighted by Gasteiger charge is -2.32. The summed E-state index contributed by atoms with van der Waals surface area (Å²) in [6.45, 7) is -0.887. The van der Waals surface area contributed by atoms with Crippen molar-refractivity contribution in [3.8, 4) is 0 Å². The first-order valence-electron chi connectivity index (χ1n) is 26.2. The number of carbonyl (C=O) groups is 7. The molecule has 0 spiro atoms. The van der Waals surface area contributed by atoms with E-state index in [1.807, 2.05) is 0 Å². The maximum absolute atomic E-state index is 14.2. The zero-order chi connectivity index (χ0) is 60.0. The summed E-state index contributed by atoms with van der Waals surface area (Å²) in [5.41, 5.74) is 0.480. The predicted octanol–water partition coefficient (Wildman–Crippen LogP) is 8.48. The van der Waals surface area contributed by atoms with Crippen molar-refractivity contribution < 1.29 is 95.1 Å². The largest absolute Gasteiger partial charge is 0.463 e. The third kappa shape index (κ3) is 15.9. The van der Waals surface area contributed by atoms with Gasteiger partial charge in [-0.3, -0.25) is 10.2 Å². The Balaban J connectivity index is 1.13. The molecule has 3 aliphatic heterocycles. The molecule has 21 nitrogen and oxygen atoms in total. The van der Waals surface area contributed by atoms with Crippen LogP contribution in [0.1, 0.15) is 69.1 Å². The molecule has 442 valence electrons. The van der Waals surface area contributed by atoms with Crippen molar-refractivity contribution in [2.24, 2.45) is 0 Å². The number of alkyl halides is 3. The van der Waals surface area contributed by atoms with E-state index in [0.717, 1.165) is 6.92 Å². The summed E-state index contributed by atoms with van der Waals surface area (Å²) >= 11 is 18.5. The van der Waals surface area contributed by atoms with E-state index in [4.69, 9.17) is 102 Å². The summed E-state index contributed by atoms with van der Waals surface area (Å²) < 4.78 is 77.4. The van der Waals surface area contributed by atoms with Gasteiger partial charge in [-0.2, -0.15) is 0 Å². The fourth-order valence-electron chi connectivity index (χ4n) is 9.02. The van der Waals surface area contributed by atoms with Crippen LogP contribution in [0.3, 0.4) is 0 Å². The van der Waals surface area contributed by atoms with E-state index in [0.29, 0.717) is 0 Å². The predicted molar refractivity (Wildman–Crippen MR) is 297 cm³/mol. The van der Waals surface area contributed by atoms with Crippen LogP contribution in [0.2, 0.25) is 0 Å². The van der Waals surface area contributed by atoms with E-state index in [9.17, 15) is 33.6 Å². The van der Waals surface area contributed by atoms with Crippen molar-refractivity contribution in [1.82, 2.24) is 0 Å². The van der Waals surface area contributed by atoms with E-state index in [-0.39, 0.29) is 33.4 Å². The maximum atomic E-state index is 14.2. The Bertz CT molecular complexity index is 3270. The zero-order valence-corrected chi connectivity index (χ0v) is 46.9. The molecule has 3 fully saturated rings. The van der Waals surface area contributed by atoms with Gasteiger partial charge in [0.1, 0.15) is 44.2 Å². The zero-order valence-electron chi connectivity index (χ0n) is 44.7. The number of nitrogens with one attached hydrogen (secondary N) is 1. The van der Waals surface area contributed by atoms with Crippen LogP contribution in [-0.4, -0.2) is 145 Å². The van der Waals surface area contributed by atoms with Crippen molar-refractivity contribution in [1.29, 1.82) is 5.41 Å². The number of esters is 7. The maximum Gasteiger partial charge on any atom is 0.338 e. The minimum atomic E-state index is -2.56. The highest BCUT2D eigenvalue weighted by Gasteiger charge is 2.60. The quantitative estimate of drug-likeness (QED) is 0.0233. The van der Waals surface area contributed by atoms with Crippen LogP contribution in [0.25, 0.3) is 0 Å². The normalized spacial score (nSPS) is 24.2. The Labute approximate surface area is 500 Å². The second-order valence-corrected chi connectivity index (χ2v) is 21.2. The first kappa shape index (κ1) is 61.3. The van der Waals surface area contributed by atoms with E-state index in [2.05, 4.69) is 0 Å². The third-order valence-electron chi connectivity index (χ3n) is 13.1. The van der Waals surface area contributed by atoms with Crippen molar-refractivity contribution in [3.05, 3.63) is 215 Å². The Kier molecular flexibility index (Phi) is 20.6. The third-order valence-corrected chi connectivity index (χ3v) is 13.6. The standard InChI is InChI=1S/C61H52Cl3NO20/c1-35(66)73-32-42-47(83-57-48(81-55(71)40-28-16-6-17-29-40)45(79-53(69)38-24-12-4-13-25-38)43(76-57)33-74-51(67)36-20-8-2-9-21-36)50(59(78-42)85-60(65)61(62,63)64)84-58-49(82-56(72)41-30-18-7-19-31-41)46(80-54(70)39-26-14-5-15-27-39)44(77-58)34-75-52(68)37-22-10-3-11-23-37/h2-31,42-50,57-59,65H,32-34H2,1H3/t42-,43-,44?,45-,46-,47-,48+,49+,50?,57-,58-,59-/m1/s1. The van der Waals surface area contributed by atoms with Gasteiger partial charge in [-0.25, -0.2) is 28.8 Å². The Morgan fingerprint density at radius 2 is 0.635 bits per heavy atom. The monoisotopic (exact) mass is 1220 g/mol. The highest BCUT2D eigenvalue weighted by molar-refractivity contribution is 6.76. The second kappa shape index (κ2) is 28.6. The van der Waals surface area contributed by atoms with Gasteiger partial charge in [-0.1, -0.05) is 144 Å². The summed E-state index contributed by atoms with van der Waals surface area (Å²) in [7, 11) is 0. The molecule has 12 atom stereocenters. The molecule has 2 unspecified atom stereocenters. The number of hydrogen-bond donors (Lipinski definition) is 1. The average Bonchev–Trinajstić information content (AvgIpc) is 2.11. The lowest BCUT2D eigenvalue weighted by atomic mass is 10.1. The summed E-state index contributed by atoms with van der Waals surface area (Å²) in [5.74, 6) is -7.28. The van der Waals surface area contributed by atoms with Crippen LogP contribution in [0.5, 0.6) is 0 Å². The fraction of sp³-hybridized carbons (Fsp3) is 0.279. The molecule has 9 rings (SSSR count). The first-order valence-corrected chi connectivity index (χ1v) is 27.4. The molecule has 3 aliphatic rings. The van der Waals surface area contributed by atoms with Crippen LogP contribution < -0.4 is 0 Å². The van der Waals surface area contributed by atoms with Crippen molar-refractivity contribution in [2.45, 2.75) is 84.5 Å². The second-order valence-electron chi connectivity index (χ2n) is 19.0. The molecule has 0 saturated carbocycles. The minimum absolute atomic E-state index is 0.0264. The van der Waals surface area contributed by atoms with Crippen molar-refractivity contribution in [3.63, 3.8) is 0 Å². The topological polar surface area (TPSA) is 263 Å². The SMILES string of the molecule is CC(=O)OC[C@H]1O[C@H](OC(=N)C(Cl)(Cl)Cl)C(O[C@H]2OC(COC(=O)c3ccccc3)[C@@H](OC(=O)c3ccccc3)[C@@H]2OC(=O)c2ccccc2)[C@@H]1O[C@H]1O[C@H](COC(=O)c2ccccc2)[C@@H](OC(=O)c2ccccc2)[C@@H]1OC(=O)c1ccccc1. The lowest BCUT2D eigenvalue weighted by molar-refractivity contribution is -0.257. The minimum Gasteiger partial charge on any atom is -0.463 e. The van der Waals surface area contributed by atoms with Gasteiger partial charge in [0.2, 0.25) is 12.2 Å². The molecule has 0 bridgehead atoms. The Morgan fingerprint density at radius 3 is 0.953 bits per heavy atom. The van der Waals surface area contributed by atoms with Gasteiger partial charge in [0.15, 0.2) is 43.1 Å². The van der Waals surface area contributed by atoms with E-state index in [1.54, 1.807) is 109 Å². The van der Waals surface area contributed by atoms with Gasteiger partial charge in [0.25, 0.3) is 3.79 Å². The van der Waals surface area contributed by atoms with Crippen LogP contribution >= 0.6 is 34.8 Å². The average molecular weight is 1230 g/mol. The van der Waals surface area contributed by atoms with Gasteiger partial charge in [0.05, 0.1) is 33.4 Å². The molecule has 0 amide bonds. The molecule has 3 saturated heterocycles. The Hall–Kier alpha value is -8.25. The molecule has 85 heavy (non-hydrogen) atoms. The van der Waals surface area contributed by atoms with Gasteiger partial charge in [-0.15, -0.1) is 0 Å². The summed E-state index contributed by atoms with van der Waals surface area (Å²) in [5, 5.41) is 8.69. The van der Waals surface area contributed by atoms with E-state index >= 15 is 0 Å². The molecular weight excluding hydrogens is 1170 g/mol. The summed E-state index contributed by atoms with van der Waals surface area (Å²) in [4.78, 5) is 96.1. The fourth-order valence-corrected chi connectivity index (χ4v) is 9.15. The lowest BCUT2D eigenvalue weighted by Crippen LogP contribution is -2.50. The Morgan fingerprint density at radius 1 is 0.365 bits per heavy atom. The highest BCUT2D eigenvalue weighted by atomic mass is 35.6. The van der Waals surface area contributed by atoms with Crippen molar-refractivity contribution in [2.75, 3.05) is 19.8 Å². The number of ether oxygens (including phenoxy) is 13. The molecule has 0 aliphatic carbocycles. The molecule has 24 heteroatoms.